The molecule has 0 fully saturated rings. The summed E-state index contributed by atoms with van der Waals surface area (Å²) < 4.78 is 24.1. The zero-order valence-corrected chi connectivity index (χ0v) is 9.74. The summed E-state index contributed by atoms with van der Waals surface area (Å²) in [4.78, 5) is 0. The van der Waals surface area contributed by atoms with Crippen molar-refractivity contribution in [3.63, 3.8) is 0 Å². The van der Waals surface area contributed by atoms with Crippen LogP contribution in [0.15, 0.2) is 42.5 Å². The van der Waals surface area contributed by atoms with Crippen LogP contribution in [0.25, 0.3) is 11.1 Å². The van der Waals surface area contributed by atoms with Gasteiger partial charge in [-0.25, -0.2) is 4.39 Å². The van der Waals surface area contributed by atoms with Gasteiger partial charge in [-0.2, -0.15) is 0 Å². The van der Waals surface area contributed by atoms with E-state index in [4.69, 9.17) is 9.47 Å². The van der Waals surface area contributed by atoms with Crippen LogP contribution < -0.4 is 9.47 Å². The summed E-state index contributed by atoms with van der Waals surface area (Å²) >= 11 is 0. The second kappa shape index (κ2) is 4.87. The van der Waals surface area contributed by atoms with Gasteiger partial charge < -0.3 is 9.47 Å². The lowest BCUT2D eigenvalue weighted by Crippen LogP contribution is -1.91. The van der Waals surface area contributed by atoms with Crippen LogP contribution in [0.1, 0.15) is 0 Å². The topological polar surface area (TPSA) is 18.5 Å². The average molecular weight is 232 g/mol. The molecule has 0 saturated heterocycles. The third kappa shape index (κ3) is 2.23. The van der Waals surface area contributed by atoms with E-state index in [2.05, 4.69) is 0 Å². The predicted molar refractivity (Wildman–Crippen MR) is 64.9 cm³/mol. The van der Waals surface area contributed by atoms with Crippen molar-refractivity contribution >= 4 is 0 Å². The van der Waals surface area contributed by atoms with Crippen molar-refractivity contribution in [2.45, 2.75) is 0 Å². The van der Waals surface area contributed by atoms with E-state index in [0.717, 1.165) is 0 Å². The van der Waals surface area contributed by atoms with Gasteiger partial charge in [-0.3, -0.25) is 0 Å². The predicted octanol–water partition coefficient (Wildman–Crippen LogP) is 3.51. The van der Waals surface area contributed by atoms with E-state index in [9.17, 15) is 4.39 Å². The molecule has 0 saturated carbocycles. The van der Waals surface area contributed by atoms with Crippen LogP contribution in [0.5, 0.6) is 11.5 Å². The first-order chi connectivity index (χ1) is 8.26. The van der Waals surface area contributed by atoms with Crippen molar-refractivity contribution in [2.24, 2.45) is 0 Å². The molecule has 0 aliphatic carbocycles. The number of para-hydroxylation sites is 1. The number of rotatable bonds is 3. The van der Waals surface area contributed by atoms with E-state index < -0.39 is 0 Å². The molecule has 2 aromatic rings. The second-order valence-electron chi connectivity index (χ2n) is 3.55. The molecule has 17 heavy (non-hydrogen) atoms. The maximum Gasteiger partial charge on any atom is 0.131 e. The van der Waals surface area contributed by atoms with Crippen LogP contribution in [0, 0.1) is 5.82 Å². The van der Waals surface area contributed by atoms with Gasteiger partial charge in [0.1, 0.15) is 17.3 Å². The third-order valence-electron chi connectivity index (χ3n) is 2.57. The highest BCUT2D eigenvalue weighted by Gasteiger charge is 2.10. The molecule has 2 aromatic carbocycles. The number of benzene rings is 2. The Morgan fingerprint density at radius 1 is 0.882 bits per heavy atom. The van der Waals surface area contributed by atoms with Gasteiger partial charge in [-0.1, -0.05) is 18.2 Å². The SMILES string of the molecule is COc1ccc(F)c(-c2ccccc2OC)c1. The Labute approximate surface area is 99.6 Å². The number of hydrogen-bond acceptors (Lipinski definition) is 2. The van der Waals surface area contributed by atoms with Gasteiger partial charge in [-0.15, -0.1) is 0 Å². The molecule has 0 aliphatic heterocycles. The van der Waals surface area contributed by atoms with E-state index in [0.29, 0.717) is 22.6 Å². The summed E-state index contributed by atoms with van der Waals surface area (Å²) in [7, 11) is 3.12. The van der Waals surface area contributed by atoms with Gasteiger partial charge in [0.2, 0.25) is 0 Å². The van der Waals surface area contributed by atoms with Crippen LogP contribution in [0.2, 0.25) is 0 Å². The fraction of sp³-hybridized carbons (Fsp3) is 0.143. The molecule has 2 rings (SSSR count). The van der Waals surface area contributed by atoms with E-state index in [1.54, 1.807) is 32.4 Å². The summed E-state index contributed by atoms with van der Waals surface area (Å²) in [6, 6.07) is 11.9. The lowest BCUT2D eigenvalue weighted by atomic mass is 10.0. The number of halogens is 1. The molecule has 88 valence electrons. The minimum absolute atomic E-state index is 0.296. The Hall–Kier alpha value is -2.03. The fourth-order valence-corrected chi connectivity index (χ4v) is 1.70. The molecule has 0 unspecified atom stereocenters. The largest absolute Gasteiger partial charge is 0.497 e. The van der Waals surface area contributed by atoms with Crippen molar-refractivity contribution in [3.8, 4) is 22.6 Å². The summed E-state index contributed by atoms with van der Waals surface area (Å²) in [5, 5.41) is 0. The van der Waals surface area contributed by atoms with Gasteiger partial charge >= 0.3 is 0 Å². The highest BCUT2D eigenvalue weighted by atomic mass is 19.1. The Balaban J connectivity index is 2.59. The molecule has 0 spiro atoms. The molecular formula is C14H13FO2. The maximum atomic E-state index is 13.8. The molecule has 0 amide bonds. The van der Waals surface area contributed by atoms with Crippen LogP contribution in [-0.2, 0) is 0 Å². The van der Waals surface area contributed by atoms with Crippen LogP contribution in [0.4, 0.5) is 4.39 Å². The van der Waals surface area contributed by atoms with Crippen molar-refractivity contribution in [1.29, 1.82) is 0 Å². The Morgan fingerprint density at radius 3 is 2.35 bits per heavy atom. The summed E-state index contributed by atoms with van der Waals surface area (Å²) in [5.41, 5.74) is 1.19. The van der Waals surface area contributed by atoms with E-state index >= 15 is 0 Å². The van der Waals surface area contributed by atoms with Crippen molar-refractivity contribution in [3.05, 3.63) is 48.3 Å². The van der Waals surface area contributed by atoms with Crippen molar-refractivity contribution < 1.29 is 13.9 Å². The molecule has 2 nitrogen and oxygen atoms in total. The second-order valence-corrected chi connectivity index (χ2v) is 3.55. The van der Waals surface area contributed by atoms with Crippen molar-refractivity contribution in [1.82, 2.24) is 0 Å². The molecule has 0 heterocycles. The van der Waals surface area contributed by atoms with Gasteiger partial charge in [0, 0.05) is 11.1 Å². The van der Waals surface area contributed by atoms with E-state index in [-0.39, 0.29) is 5.82 Å². The Bertz CT molecular complexity index is 523. The van der Waals surface area contributed by atoms with E-state index in [1.165, 1.54) is 6.07 Å². The number of ether oxygens (including phenoxy) is 2. The molecule has 3 heteroatoms. The first-order valence-electron chi connectivity index (χ1n) is 5.23. The maximum absolute atomic E-state index is 13.8. The van der Waals surface area contributed by atoms with Crippen LogP contribution >= 0.6 is 0 Å². The van der Waals surface area contributed by atoms with Gasteiger partial charge in [0.25, 0.3) is 0 Å². The van der Waals surface area contributed by atoms with Gasteiger partial charge in [-0.05, 0) is 24.3 Å². The highest BCUT2D eigenvalue weighted by Crippen LogP contribution is 2.33. The Kier molecular flexibility index (Phi) is 3.28. The molecule has 0 radical (unpaired) electrons. The minimum Gasteiger partial charge on any atom is -0.497 e. The van der Waals surface area contributed by atoms with Gasteiger partial charge in [0.05, 0.1) is 14.2 Å². The van der Waals surface area contributed by atoms with Gasteiger partial charge in [0.15, 0.2) is 0 Å². The fourth-order valence-electron chi connectivity index (χ4n) is 1.70. The summed E-state index contributed by atoms with van der Waals surface area (Å²) in [6.45, 7) is 0. The summed E-state index contributed by atoms with van der Waals surface area (Å²) in [5.74, 6) is 0.960. The van der Waals surface area contributed by atoms with E-state index in [1.807, 2.05) is 18.2 Å². The first kappa shape index (κ1) is 11.5. The molecule has 0 atom stereocenters. The smallest absolute Gasteiger partial charge is 0.131 e. The number of hydrogen-bond donors (Lipinski definition) is 0. The molecule has 0 aliphatic rings. The monoisotopic (exact) mass is 232 g/mol. The normalized spacial score (nSPS) is 10.1. The molecule has 0 N–H and O–H groups in total. The zero-order valence-electron chi connectivity index (χ0n) is 9.74. The first-order valence-corrected chi connectivity index (χ1v) is 5.23. The number of methoxy groups -OCH3 is 2. The van der Waals surface area contributed by atoms with Crippen molar-refractivity contribution in [2.75, 3.05) is 14.2 Å². The quantitative estimate of drug-likeness (QED) is 0.806. The highest BCUT2D eigenvalue weighted by molar-refractivity contribution is 5.72. The lowest BCUT2D eigenvalue weighted by molar-refractivity contribution is 0.412. The Morgan fingerprint density at radius 2 is 1.65 bits per heavy atom. The van der Waals surface area contributed by atoms with Crippen LogP contribution in [0.3, 0.4) is 0 Å². The van der Waals surface area contributed by atoms with Crippen LogP contribution in [-0.4, -0.2) is 14.2 Å². The molecule has 0 bridgehead atoms. The standard InChI is InChI=1S/C14H13FO2/c1-16-10-7-8-13(15)12(9-10)11-5-3-4-6-14(11)17-2/h3-9H,1-2H3. The average Bonchev–Trinajstić information content (AvgIpc) is 2.39. The molecule has 0 aromatic heterocycles. The molecular weight excluding hydrogens is 219 g/mol. The lowest BCUT2D eigenvalue weighted by Gasteiger charge is -2.10. The third-order valence-corrected chi connectivity index (χ3v) is 2.57. The summed E-state index contributed by atoms with van der Waals surface area (Å²) in [6.07, 6.45) is 0. The zero-order chi connectivity index (χ0) is 12.3. The minimum atomic E-state index is -0.296.